The Hall–Kier alpha value is -2.78. The van der Waals surface area contributed by atoms with Gasteiger partial charge in [-0.15, -0.1) is 0 Å². The third-order valence-corrected chi connectivity index (χ3v) is 6.30. The first-order chi connectivity index (χ1) is 13.2. The molecule has 0 unspecified atom stereocenters. The molecule has 0 radical (unpaired) electrons. The zero-order valence-corrected chi connectivity index (χ0v) is 16.2. The van der Waals surface area contributed by atoms with Gasteiger partial charge in [-0.1, -0.05) is 6.07 Å². The second-order valence-corrected chi connectivity index (χ2v) is 8.82. The molecule has 1 heterocycles. The lowest BCUT2D eigenvalue weighted by Crippen LogP contribution is -2.37. The quantitative estimate of drug-likeness (QED) is 0.819. The summed E-state index contributed by atoms with van der Waals surface area (Å²) in [4.78, 5) is 26.2. The molecule has 1 saturated heterocycles. The predicted octanol–water partition coefficient (Wildman–Crippen LogP) is 1.61. The zero-order chi connectivity index (χ0) is 20.5. The maximum Gasteiger partial charge on any atom is 0.251 e. The number of carbonyl (C=O) groups excluding carboxylic acids is 2. The summed E-state index contributed by atoms with van der Waals surface area (Å²) in [6.07, 6.45) is 0.106. The maximum atomic E-state index is 13.4. The van der Waals surface area contributed by atoms with Crippen molar-refractivity contribution in [3.63, 3.8) is 0 Å². The van der Waals surface area contributed by atoms with Crippen LogP contribution in [0.25, 0.3) is 0 Å². The Bertz CT molecular complexity index is 1010. The van der Waals surface area contributed by atoms with E-state index in [0.717, 1.165) is 4.31 Å². The second-order valence-electron chi connectivity index (χ2n) is 6.67. The first-order valence-electron chi connectivity index (χ1n) is 8.58. The van der Waals surface area contributed by atoms with Crippen LogP contribution in [0.1, 0.15) is 16.8 Å². The molecule has 0 spiro atoms. The molecule has 1 aliphatic heterocycles. The van der Waals surface area contributed by atoms with Gasteiger partial charge in [0.2, 0.25) is 15.9 Å². The highest BCUT2D eigenvalue weighted by Crippen LogP contribution is 2.22. The highest BCUT2D eigenvalue weighted by molar-refractivity contribution is 7.89. The summed E-state index contributed by atoms with van der Waals surface area (Å²) in [5.41, 5.74) is 0.731. The van der Waals surface area contributed by atoms with E-state index in [1.54, 1.807) is 6.07 Å². The average molecular weight is 405 g/mol. The van der Waals surface area contributed by atoms with Crippen LogP contribution in [0.15, 0.2) is 53.4 Å². The molecular weight excluding hydrogens is 385 g/mol. The molecule has 7 nitrogen and oxygen atoms in total. The van der Waals surface area contributed by atoms with Crippen molar-refractivity contribution >= 4 is 27.5 Å². The monoisotopic (exact) mass is 405 g/mol. The Morgan fingerprint density at radius 3 is 2.46 bits per heavy atom. The summed E-state index contributed by atoms with van der Waals surface area (Å²) in [6, 6.07) is 10.9. The minimum Gasteiger partial charge on any atom is -0.347 e. The molecule has 0 aliphatic carbocycles. The van der Waals surface area contributed by atoms with E-state index in [9.17, 15) is 22.4 Å². The molecule has 0 aromatic heterocycles. The summed E-state index contributed by atoms with van der Waals surface area (Å²) in [5.74, 6) is -1.05. The lowest BCUT2D eigenvalue weighted by molar-refractivity contribution is -0.117. The van der Waals surface area contributed by atoms with Crippen molar-refractivity contribution in [2.75, 3.05) is 25.5 Å². The minimum absolute atomic E-state index is 0.0855. The first-order valence-corrected chi connectivity index (χ1v) is 10.0. The van der Waals surface area contributed by atoms with Crippen molar-refractivity contribution in [2.45, 2.75) is 17.4 Å². The number of carbonyl (C=O) groups is 2. The molecule has 1 fully saturated rings. The molecule has 28 heavy (non-hydrogen) atoms. The number of halogens is 1. The van der Waals surface area contributed by atoms with Gasteiger partial charge < -0.3 is 10.2 Å². The van der Waals surface area contributed by atoms with Gasteiger partial charge in [0, 0.05) is 38.3 Å². The molecule has 1 atom stereocenters. The number of nitrogens with zero attached hydrogens (tertiary/aromatic N) is 2. The molecule has 0 bridgehead atoms. The molecule has 0 saturated carbocycles. The Morgan fingerprint density at radius 1 is 1.18 bits per heavy atom. The SMILES string of the molecule is CN(C)S(=O)(=O)c1ccc(C(=O)N[C@@H]2CC(=O)N(c3cccc(F)c3)C2)cc1. The summed E-state index contributed by atoms with van der Waals surface area (Å²) in [7, 11) is -0.715. The van der Waals surface area contributed by atoms with Crippen molar-refractivity contribution < 1.29 is 22.4 Å². The highest BCUT2D eigenvalue weighted by Gasteiger charge is 2.32. The number of rotatable bonds is 5. The number of hydrogen-bond acceptors (Lipinski definition) is 4. The van der Waals surface area contributed by atoms with Crippen LogP contribution in [0.2, 0.25) is 0 Å². The molecule has 2 amide bonds. The van der Waals surface area contributed by atoms with Crippen molar-refractivity contribution in [1.29, 1.82) is 0 Å². The number of anilines is 1. The zero-order valence-electron chi connectivity index (χ0n) is 15.4. The Morgan fingerprint density at radius 2 is 1.86 bits per heavy atom. The number of benzene rings is 2. The fraction of sp³-hybridized carbons (Fsp3) is 0.263. The van der Waals surface area contributed by atoms with Crippen molar-refractivity contribution in [2.24, 2.45) is 0 Å². The molecule has 1 N–H and O–H groups in total. The van der Waals surface area contributed by atoms with Crippen molar-refractivity contribution in [1.82, 2.24) is 9.62 Å². The van der Waals surface area contributed by atoms with Gasteiger partial charge in [-0.05, 0) is 42.5 Å². The van der Waals surface area contributed by atoms with Crippen LogP contribution in [0, 0.1) is 5.82 Å². The van der Waals surface area contributed by atoms with Crippen molar-refractivity contribution in [3.05, 3.63) is 59.9 Å². The van der Waals surface area contributed by atoms with Gasteiger partial charge in [-0.3, -0.25) is 9.59 Å². The van der Waals surface area contributed by atoms with E-state index in [0.29, 0.717) is 5.69 Å². The van der Waals surface area contributed by atoms with E-state index in [2.05, 4.69) is 5.32 Å². The van der Waals surface area contributed by atoms with Crippen LogP contribution < -0.4 is 10.2 Å². The predicted molar refractivity (Wildman–Crippen MR) is 102 cm³/mol. The third kappa shape index (κ3) is 4.05. The summed E-state index contributed by atoms with van der Waals surface area (Å²) < 4.78 is 38.6. The Labute approximate surface area is 162 Å². The number of sulfonamides is 1. The van der Waals surface area contributed by atoms with E-state index in [1.165, 1.54) is 61.5 Å². The second kappa shape index (κ2) is 7.69. The Balaban J connectivity index is 1.68. The standard InChI is InChI=1S/C19H20FN3O4S/c1-22(2)28(26,27)17-8-6-13(7-9-17)19(25)21-15-11-18(24)23(12-15)16-5-3-4-14(20)10-16/h3-10,15H,11-12H2,1-2H3,(H,21,25)/t15-/m1/s1. The summed E-state index contributed by atoms with van der Waals surface area (Å²) in [6.45, 7) is 0.237. The van der Waals surface area contributed by atoms with Crippen LogP contribution >= 0.6 is 0 Å². The van der Waals surface area contributed by atoms with E-state index < -0.39 is 27.8 Å². The van der Waals surface area contributed by atoms with E-state index in [-0.39, 0.29) is 29.3 Å². The number of hydrogen-bond donors (Lipinski definition) is 1. The molecule has 2 aromatic rings. The van der Waals surface area contributed by atoms with Gasteiger partial charge in [-0.2, -0.15) is 0 Å². The summed E-state index contributed by atoms with van der Waals surface area (Å²) >= 11 is 0. The van der Waals surface area contributed by atoms with Gasteiger partial charge in [0.05, 0.1) is 10.9 Å². The largest absolute Gasteiger partial charge is 0.347 e. The fourth-order valence-electron chi connectivity index (χ4n) is 2.96. The van der Waals surface area contributed by atoms with Crippen molar-refractivity contribution in [3.8, 4) is 0 Å². The van der Waals surface area contributed by atoms with Crippen LogP contribution in [0.4, 0.5) is 10.1 Å². The molecule has 3 rings (SSSR count). The summed E-state index contributed by atoms with van der Waals surface area (Å²) in [5, 5.41) is 2.77. The number of nitrogens with one attached hydrogen (secondary N) is 1. The van der Waals surface area contributed by atoms with Crippen LogP contribution in [-0.4, -0.2) is 51.2 Å². The van der Waals surface area contributed by atoms with Crippen LogP contribution in [0.3, 0.4) is 0 Å². The van der Waals surface area contributed by atoms with E-state index in [4.69, 9.17) is 0 Å². The molecule has 1 aliphatic rings. The maximum absolute atomic E-state index is 13.4. The third-order valence-electron chi connectivity index (χ3n) is 4.48. The molecule has 2 aromatic carbocycles. The van der Waals surface area contributed by atoms with Crippen LogP contribution in [0.5, 0.6) is 0 Å². The van der Waals surface area contributed by atoms with Gasteiger partial charge >= 0.3 is 0 Å². The normalized spacial score (nSPS) is 17.2. The molecule has 148 valence electrons. The fourth-order valence-corrected chi connectivity index (χ4v) is 3.86. The lowest BCUT2D eigenvalue weighted by atomic mass is 10.2. The van der Waals surface area contributed by atoms with Crippen LogP contribution in [-0.2, 0) is 14.8 Å². The highest BCUT2D eigenvalue weighted by atomic mass is 32.2. The van der Waals surface area contributed by atoms with E-state index >= 15 is 0 Å². The van der Waals surface area contributed by atoms with Gasteiger partial charge in [0.15, 0.2) is 0 Å². The topological polar surface area (TPSA) is 86.8 Å². The van der Waals surface area contributed by atoms with Gasteiger partial charge in [0.25, 0.3) is 5.91 Å². The first kappa shape index (κ1) is 20.0. The molecule has 9 heteroatoms. The van der Waals surface area contributed by atoms with E-state index in [1.807, 2.05) is 0 Å². The van der Waals surface area contributed by atoms with Gasteiger partial charge in [-0.25, -0.2) is 17.1 Å². The molecular formula is C19H20FN3O4S. The minimum atomic E-state index is -3.57. The van der Waals surface area contributed by atoms with Gasteiger partial charge in [0.1, 0.15) is 5.82 Å². The smallest absolute Gasteiger partial charge is 0.251 e. The lowest BCUT2D eigenvalue weighted by Gasteiger charge is -2.17. The number of amides is 2. The average Bonchev–Trinajstić information content (AvgIpc) is 3.01. The Kier molecular flexibility index (Phi) is 5.48.